The quantitative estimate of drug-likeness (QED) is 0.571. The minimum absolute atomic E-state index is 0.706. The molecule has 1 aromatic rings. The minimum Gasteiger partial charge on any atom is -0.0843 e. The summed E-state index contributed by atoms with van der Waals surface area (Å²) < 4.78 is 0. The molecular weight excluding hydrogens is 168 g/mol. The Bertz CT molecular complexity index is 315. The van der Waals surface area contributed by atoms with E-state index in [-0.39, 0.29) is 0 Å². The second-order valence-electron chi connectivity index (χ2n) is 3.73. The van der Waals surface area contributed by atoms with Crippen molar-refractivity contribution in [3.05, 3.63) is 33.8 Å². The van der Waals surface area contributed by atoms with E-state index >= 15 is 0 Å². The van der Waals surface area contributed by atoms with Crippen molar-refractivity contribution in [1.29, 1.82) is 0 Å². The Labute approximate surface area is 78.6 Å². The van der Waals surface area contributed by atoms with Crippen molar-refractivity contribution in [3.63, 3.8) is 0 Å². The molecule has 1 unspecified atom stereocenters. The van der Waals surface area contributed by atoms with Gasteiger partial charge in [-0.1, -0.05) is 18.5 Å². The van der Waals surface area contributed by atoms with Crippen molar-refractivity contribution in [2.75, 3.05) is 0 Å². The monoisotopic (exact) mass is 180 g/mol. The average molecular weight is 181 g/mol. The van der Waals surface area contributed by atoms with Gasteiger partial charge < -0.3 is 0 Å². The zero-order valence-corrected chi connectivity index (χ0v) is 8.28. The zero-order chi connectivity index (χ0) is 8.72. The molecule has 1 aliphatic carbocycles. The molecule has 1 heteroatoms. The van der Waals surface area contributed by atoms with E-state index in [0.29, 0.717) is 5.92 Å². The number of aryl methyl sites for hydroxylation is 1. The highest BCUT2D eigenvalue weighted by Crippen LogP contribution is 2.36. The second kappa shape index (κ2) is 2.77. The molecule has 0 heterocycles. The molecule has 0 amide bonds. The highest BCUT2D eigenvalue weighted by molar-refractivity contribution is 6.30. The summed E-state index contributed by atoms with van der Waals surface area (Å²) >= 11 is 5.99. The van der Waals surface area contributed by atoms with Crippen LogP contribution in [-0.4, -0.2) is 0 Å². The smallest absolute Gasteiger partial charge is 0.0411 e. The molecule has 0 saturated heterocycles. The van der Waals surface area contributed by atoms with Crippen LogP contribution in [0.1, 0.15) is 36.0 Å². The van der Waals surface area contributed by atoms with Crippen LogP contribution in [0.2, 0.25) is 5.02 Å². The predicted octanol–water partition coefficient (Wildman–Crippen LogP) is 3.70. The molecule has 0 N–H and O–H groups in total. The van der Waals surface area contributed by atoms with Gasteiger partial charge in [-0.3, -0.25) is 0 Å². The fraction of sp³-hybridized carbons (Fsp3) is 0.455. The van der Waals surface area contributed by atoms with Crippen LogP contribution in [0, 0.1) is 6.92 Å². The van der Waals surface area contributed by atoms with Crippen molar-refractivity contribution in [3.8, 4) is 0 Å². The summed E-state index contributed by atoms with van der Waals surface area (Å²) in [5.41, 5.74) is 4.37. The van der Waals surface area contributed by atoms with Crippen LogP contribution in [0.5, 0.6) is 0 Å². The molecule has 0 radical (unpaired) electrons. The van der Waals surface area contributed by atoms with Crippen molar-refractivity contribution in [2.24, 2.45) is 0 Å². The molecule has 0 fully saturated rings. The van der Waals surface area contributed by atoms with Crippen molar-refractivity contribution in [2.45, 2.75) is 32.6 Å². The standard InChI is InChI=1S/C11H13Cl/c1-7-3-4-10-8(2)5-9(12)6-11(7)10/h5-7H,3-4H2,1-2H3. The summed E-state index contributed by atoms with van der Waals surface area (Å²) in [6.07, 6.45) is 2.52. The Hall–Kier alpha value is -0.490. The van der Waals surface area contributed by atoms with Crippen LogP contribution < -0.4 is 0 Å². The highest BCUT2D eigenvalue weighted by atomic mass is 35.5. The third-order valence-electron chi connectivity index (χ3n) is 2.83. The SMILES string of the molecule is Cc1cc(Cl)cc2c1CCC2C. The summed E-state index contributed by atoms with van der Waals surface area (Å²) in [4.78, 5) is 0. The lowest BCUT2D eigenvalue weighted by Crippen LogP contribution is -1.89. The van der Waals surface area contributed by atoms with Gasteiger partial charge in [0.1, 0.15) is 0 Å². The molecule has 0 bridgehead atoms. The van der Waals surface area contributed by atoms with Gasteiger partial charge in [0.05, 0.1) is 0 Å². The van der Waals surface area contributed by atoms with Gasteiger partial charge in [0, 0.05) is 5.02 Å². The van der Waals surface area contributed by atoms with Crippen LogP contribution in [-0.2, 0) is 6.42 Å². The van der Waals surface area contributed by atoms with Gasteiger partial charge in [0.2, 0.25) is 0 Å². The number of hydrogen-bond donors (Lipinski definition) is 0. The maximum Gasteiger partial charge on any atom is 0.0411 e. The summed E-state index contributed by atoms with van der Waals surface area (Å²) in [7, 11) is 0. The molecule has 1 aromatic carbocycles. The third kappa shape index (κ3) is 1.15. The van der Waals surface area contributed by atoms with E-state index in [2.05, 4.69) is 26.0 Å². The molecule has 0 spiro atoms. The Morgan fingerprint density at radius 3 is 2.92 bits per heavy atom. The first-order valence-corrected chi connectivity index (χ1v) is 4.85. The lowest BCUT2D eigenvalue weighted by atomic mass is 10.0. The summed E-state index contributed by atoms with van der Waals surface area (Å²) in [5, 5.41) is 0.889. The fourth-order valence-corrected chi connectivity index (χ4v) is 2.38. The number of rotatable bonds is 0. The second-order valence-corrected chi connectivity index (χ2v) is 4.17. The maximum absolute atomic E-state index is 5.99. The molecule has 0 saturated carbocycles. The number of benzene rings is 1. The summed E-state index contributed by atoms with van der Waals surface area (Å²) in [5.74, 6) is 0.706. The van der Waals surface area contributed by atoms with Crippen molar-refractivity contribution < 1.29 is 0 Å². The lowest BCUT2D eigenvalue weighted by Gasteiger charge is -2.07. The van der Waals surface area contributed by atoms with E-state index < -0.39 is 0 Å². The first kappa shape index (κ1) is 8.12. The predicted molar refractivity (Wildman–Crippen MR) is 52.9 cm³/mol. The molecule has 0 aromatic heterocycles. The highest BCUT2D eigenvalue weighted by Gasteiger charge is 2.20. The molecular formula is C11H13Cl. The summed E-state index contributed by atoms with van der Waals surface area (Å²) in [6.45, 7) is 4.43. The molecule has 64 valence electrons. The van der Waals surface area contributed by atoms with E-state index in [4.69, 9.17) is 11.6 Å². The minimum atomic E-state index is 0.706. The zero-order valence-electron chi connectivity index (χ0n) is 7.52. The largest absolute Gasteiger partial charge is 0.0843 e. The molecule has 0 aliphatic heterocycles. The Kier molecular flexibility index (Phi) is 1.88. The van der Waals surface area contributed by atoms with Gasteiger partial charge in [-0.2, -0.15) is 0 Å². The van der Waals surface area contributed by atoms with Gasteiger partial charge in [-0.05, 0) is 54.5 Å². The van der Waals surface area contributed by atoms with Crippen molar-refractivity contribution in [1.82, 2.24) is 0 Å². The molecule has 1 aliphatic rings. The topological polar surface area (TPSA) is 0 Å². The van der Waals surface area contributed by atoms with E-state index in [0.717, 1.165) is 5.02 Å². The molecule has 1 atom stereocenters. The van der Waals surface area contributed by atoms with E-state index in [1.165, 1.54) is 29.5 Å². The van der Waals surface area contributed by atoms with E-state index in [1.807, 2.05) is 0 Å². The lowest BCUT2D eigenvalue weighted by molar-refractivity contribution is 0.747. The summed E-state index contributed by atoms with van der Waals surface area (Å²) in [6, 6.07) is 4.19. The van der Waals surface area contributed by atoms with Crippen LogP contribution in [0.4, 0.5) is 0 Å². The Morgan fingerprint density at radius 1 is 1.42 bits per heavy atom. The van der Waals surface area contributed by atoms with Crippen LogP contribution >= 0.6 is 11.6 Å². The Balaban J connectivity index is 2.60. The van der Waals surface area contributed by atoms with Gasteiger partial charge in [-0.15, -0.1) is 0 Å². The normalized spacial score (nSPS) is 21.1. The van der Waals surface area contributed by atoms with Gasteiger partial charge >= 0.3 is 0 Å². The van der Waals surface area contributed by atoms with Crippen LogP contribution in [0.25, 0.3) is 0 Å². The van der Waals surface area contributed by atoms with Gasteiger partial charge in [-0.25, -0.2) is 0 Å². The van der Waals surface area contributed by atoms with Gasteiger partial charge in [0.15, 0.2) is 0 Å². The van der Waals surface area contributed by atoms with Crippen LogP contribution in [0.15, 0.2) is 12.1 Å². The number of fused-ring (bicyclic) bond motifs is 1. The van der Waals surface area contributed by atoms with E-state index in [9.17, 15) is 0 Å². The van der Waals surface area contributed by atoms with Crippen LogP contribution in [0.3, 0.4) is 0 Å². The maximum atomic E-state index is 5.99. The first-order chi connectivity index (χ1) is 5.68. The fourth-order valence-electron chi connectivity index (χ4n) is 2.10. The van der Waals surface area contributed by atoms with Gasteiger partial charge in [0.25, 0.3) is 0 Å². The van der Waals surface area contributed by atoms with E-state index in [1.54, 1.807) is 0 Å². The number of halogens is 1. The molecule has 12 heavy (non-hydrogen) atoms. The number of hydrogen-bond acceptors (Lipinski definition) is 0. The molecule has 2 rings (SSSR count). The third-order valence-corrected chi connectivity index (χ3v) is 3.05. The Morgan fingerprint density at radius 2 is 2.17 bits per heavy atom. The van der Waals surface area contributed by atoms with Crippen molar-refractivity contribution >= 4 is 11.6 Å². The average Bonchev–Trinajstić information content (AvgIpc) is 2.33. The first-order valence-electron chi connectivity index (χ1n) is 4.47. The molecule has 0 nitrogen and oxygen atoms in total.